The number of anilines is 1. The Hall–Kier alpha value is -1.77. The molecule has 0 aliphatic heterocycles. The molecule has 3 heteroatoms. The van der Waals surface area contributed by atoms with Crippen molar-refractivity contribution < 1.29 is 0 Å². The summed E-state index contributed by atoms with van der Waals surface area (Å²) in [5.74, 6) is 1.16. The molecule has 0 spiro atoms. The zero-order valence-electron chi connectivity index (χ0n) is 10.6. The number of hydrogen-bond acceptors (Lipinski definition) is 2. The highest BCUT2D eigenvalue weighted by molar-refractivity contribution is 5.63. The molecule has 3 N–H and O–H groups in total. The van der Waals surface area contributed by atoms with Crippen LogP contribution >= 0.6 is 0 Å². The van der Waals surface area contributed by atoms with E-state index in [2.05, 4.69) is 48.1 Å². The highest BCUT2D eigenvalue weighted by Crippen LogP contribution is 2.22. The molecule has 1 aromatic heterocycles. The Kier molecular flexibility index (Phi) is 3.18. The summed E-state index contributed by atoms with van der Waals surface area (Å²) in [5, 5.41) is 0. The first-order valence-electron chi connectivity index (χ1n) is 5.97. The van der Waals surface area contributed by atoms with E-state index in [0.29, 0.717) is 11.9 Å². The van der Waals surface area contributed by atoms with Crippen molar-refractivity contribution in [1.82, 2.24) is 9.97 Å². The lowest BCUT2D eigenvalue weighted by Gasteiger charge is -2.05. The molecule has 90 valence electrons. The minimum Gasteiger partial charge on any atom is -0.369 e. The van der Waals surface area contributed by atoms with E-state index in [0.717, 1.165) is 23.4 Å². The number of aromatic amines is 1. The van der Waals surface area contributed by atoms with Gasteiger partial charge >= 0.3 is 0 Å². The van der Waals surface area contributed by atoms with Crippen molar-refractivity contribution in [3.8, 4) is 11.3 Å². The van der Waals surface area contributed by atoms with E-state index in [9.17, 15) is 0 Å². The molecule has 17 heavy (non-hydrogen) atoms. The number of imidazole rings is 1. The summed E-state index contributed by atoms with van der Waals surface area (Å²) >= 11 is 0. The van der Waals surface area contributed by atoms with E-state index in [1.165, 1.54) is 5.56 Å². The Balaban J connectivity index is 2.26. The van der Waals surface area contributed by atoms with E-state index < -0.39 is 0 Å². The topological polar surface area (TPSA) is 54.7 Å². The molecule has 0 radical (unpaired) electrons. The van der Waals surface area contributed by atoms with Crippen LogP contribution in [0.4, 0.5) is 5.95 Å². The van der Waals surface area contributed by atoms with Gasteiger partial charge < -0.3 is 10.7 Å². The van der Waals surface area contributed by atoms with Crippen molar-refractivity contribution in [3.63, 3.8) is 0 Å². The predicted molar refractivity (Wildman–Crippen MR) is 71.7 cm³/mol. The maximum absolute atomic E-state index is 5.65. The fourth-order valence-electron chi connectivity index (χ4n) is 2.03. The lowest BCUT2D eigenvalue weighted by atomic mass is 10.0. The third-order valence-corrected chi connectivity index (χ3v) is 2.77. The lowest BCUT2D eigenvalue weighted by Crippen LogP contribution is -1.93. The number of hydrogen-bond donors (Lipinski definition) is 2. The highest BCUT2D eigenvalue weighted by atomic mass is 15.0. The van der Waals surface area contributed by atoms with Crippen LogP contribution in [0.1, 0.15) is 25.1 Å². The summed E-state index contributed by atoms with van der Waals surface area (Å²) in [4.78, 5) is 7.31. The van der Waals surface area contributed by atoms with Crippen LogP contribution in [0.25, 0.3) is 11.3 Å². The fraction of sp³-hybridized carbons (Fsp3) is 0.357. The molecular formula is C14H19N3. The third kappa shape index (κ3) is 2.67. The van der Waals surface area contributed by atoms with Gasteiger partial charge in [0.1, 0.15) is 0 Å². The van der Waals surface area contributed by atoms with Crippen molar-refractivity contribution in [2.75, 3.05) is 5.73 Å². The molecule has 1 heterocycles. The van der Waals surface area contributed by atoms with Gasteiger partial charge in [0.15, 0.2) is 5.95 Å². The largest absolute Gasteiger partial charge is 0.369 e. The number of benzene rings is 1. The Labute approximate surface area is 102 Å². The van der Waals surface area contributed by atoms with E-state index in [4.69, 9.17) is 5.73 Å². The number of nitrogens with two attached hydrogens (primary N) is 1. The molecule has 2 aromatic rings. The SMILES string of the molecule is Cc1[nH]c(N)nc1-c1ccc(CC(C)C)cc1. The Morgan fingerprint density at radius 3 is 2.35 bits per heavy atom. The van der Waals surface area contributed by atoms with Crippen LogP contribution in [0.2, 0.25) is 0 Å². The van der Waals surface area contributed by atoms with E-state index >= 15 is 0 Å². The van der Waals surface area contributed by atoms with Gasteiger partial charge in [-0.3, -0.25) is 0 Å². The molecule has 0 saturated heterocycles. The molecule has 3 nitrogen and oxygen atoms in total. The van der Waals surface area contributed by atoms with Gasteiger partial charge in [0.2, 0.25) is 0 Å². The van der Waals surface area contributed by atoms with Crippen molar-refractivity contribution in [3.05, 3.63) is 35.5 Å². The molecule has 0 atom stereocenters. The summed E-state index contributed by atoms with van der Waals surface area (Å²) in [7, 11) is 0. The molecule has 0 aliphatic carbocycles. The first-order valence-corrected chi connectivity index (χ1v) is 5.97. The highest BCUT2D eigenvalue weighted by Gasteiger charge is 2.07. The van der Waals surface area contributed by atoms with E-state index in [-0.39, 0.29) is 0 Å². The Morgan fingerprint density at radius 2 is 1.88 bits per heavy atom. The molecule has 0 unspecified atom stereocenters. The monoisotopic (exact) mass is 229 g/mol. The standard InChI is InChI=1S/C14H19N3/c1-9(2)8-11-4-6-12(7-5-11)13-10(3)16-14(15)17-13/h4-7,9H,8H2,1-3H3,(H3,15,16,17). The van der Waals surface area contributed by atoms with Crippen LogP contribution in [0, 0.1) is 12.8 Å². The summed E-state index contributed by atoms with van der Waals surface area (Å²) in [5.41, 5.74) is 10.1. The second kappa shape index (κ2) is 4.62. The average molecular weight is 229 g/mol. The summed E-state index contributed by atoms with van der Waals surface area (Å²) in [6.07, 6.45) is 1.11. The number of nitrogens with one attached hydrogen (secondary N) is 1. The zero-order chi connectivity index (χ0) is 12.4. The summed E-state index contributed by atoms with van der Waals surface area (Å²) in [6.45, 7) is 6.44. The second-order valence-corrected chi connectivity index (χ2v) is 4.89. The first-order chi connectivity index (χ1) is 8.06. The molecule has 0 fully saturated rings. The maximum atomic E-state index is 5.65. The van der Waals surface area contributed by atoms with Crippen LogP contribution in [0.15, 0.2) is 24.3 Å². The van der Waals surface area contributed by atoms with Gasteiger partial charge in [-0.05, 0) is 24.8 Å². The minimum absolute atomic E-state index is 0.476. The maximum Gasteiger partial charge on any atom is 0.198 e. The lowest BCUT2D eigenvalue weighted by molar-refractivity contribution is 0.647. The van der Waals surface area contributed by atoms with E-state index in [1.807, 2.05) is 6.92 Å². The molecule has 0 bridgehead atoms. The number of aromatic nitrogens is 2. The fourth-order valence-corrected chi connectivity index (χ4v) is 2.03. The Bertz CT molecular complexity index is 495. The number of nitrogen functional groups attached to an aromatic ring is 1. The van der Waals surface area contributed by atoms with Crippen LogP contribution < -0.4 is 5.73 Å². The van der Waals surface area contributed by atoms with Crippen LogP contribution in [-0.4, -0.2) is 9.97 Å². The predicted octanol–water partition coefficient (Wildman–Crippen LogP) is 3.17. The van der Waals surface area contributed by atoms with Gasteiger partial charge in [-0.15, -0.1) is 0 Å². The summed E-state index contributed by atoms with van der Waals surface area (Å²) in [6, 6.07) is 8.56. The summed E-state index contributed by atoms with van der Waals surface area (Å²) < 4.78 is 0. The van der Waals surface area contributed by atoms with Gasteiger partial charge in [-0.2, -0.15) is 0 Å². The Morgan fingerprint density at radius 1 is 1.24 bits per heavy atom. The number of rotatable bonds is 3. The quantitative estimate of drug-likeness (QED) is 0.849. The van der Waals surface area contributed by atoms with Crippen LogP contribution in [-0.2, 0) is 6.42 Å². The second-order valence-electron chi connectivity index (χ2n) is 4.89. The van der Waals surface area contributed by atoms with Crippen LogP contribution in [0.5, 0.6) is 0 Å². The van der Waals surface area contributed by atoms with Crippen molar-refractivity contribution in [1.29, 1.82) is 0 Å². The zero-order valence-corrected chi connectivity index (χ0v) is 10.6. The molecule has 0 amide bonds. The minimum atomic E-state index is 0.476. The normalized spacial score (nSPS) is 11.1. The molecular weight excluding hydrogens is 210 g/mol. The third-order valence-electron chi connectivity index (χ3n) is 2.77. The number of nitrogens with zero attached hydrogens (tertiary/aromatic N) is 1. The van der Waals surface area contributed by atoms with Crippen LogP contribution in [0.3, 0.4) is 0 Å². The van der Waals surface area contributed by atoms with Crippen molar-refractivity contribution in [2.24, 2.45) is 5.92 Å². The van der Waals surface area contributed by atoms with Gasteiger partial charge in [-0.25, -0.2) is 4.98 Å². The van der Waals surface area contributed by atoms with Gasteiger partial charge in [-0.1, -0.05) is 38.1 Å². The first kappa shape index (κ1) is 11.7. The average Bonchev–Trinajstić information content (AvgIpc) is 2.58. The molecule has 0 saturated carbocycles. The van der Waals surface area contributed by atoms with Gasteiger partial charge in [0, 0.05) is 11.3 Å². The van der Waals surface area contributed by atoms with E-state index in [1.54, 1.807) is 0 Å². The molecule has 0 aliphatic rings. The molecule has 2 rings (SSSR count). The van der Waals surface area contributed by atoms with Gasteiger partial charge in [0.25, 0.3) is 0 Å². The number of H-pyrrole nitrogens is 1. The van der Waals surface area contributed by atoms with Crippen molar-refractivity contribution >= 4 is 5.95 Å². The van der Waals surface area contributed by atoms with Gasteiger partial charge in [0.05, 0.1) is 5.69 Å². The van der Waals surface area contributed by atoms with Crippen molar-refractivity contribution in [2.45, 2.75) is 27.2 Å². The smallest absolute Gasteiger partial charge is 0.198 e. The number of aryl methyl sites for hydroxylation is 1. The molecule has 1 aromatic carbocycles.